The molecule has 28 heavy (non-hydrogen) atoms. The Morgan fingerprint density at radius 1 is 1.18 bits per heavy atom. The molecule has 0 bridgehead atoms. The Bertz CT molecular complexity index is 1180. The van der Waals surface area contributed by atoms with E-state index in [0.29, 0.717) is 5.57 Å². The van der Waals surface area contributed by atoms with Crippen LogP contribution in [0.25, 0.3) is 15.8 Å². The first kappa shape index (κ1) is 16.9. The second-order valence-corrected chi connectivity index (χ2v) is 8.10. The lowest BCUT2D eigenvalue weighted by atomic mass is 9.79. The summed E-state index contributed by atoms with van der Waals surface area (Å²) in [6.07, 6.45) is 1.74. The van der Waals surface area contributed by atoms with Crippen LogP contribution in [0.5, 0.6) is 5.75 Å². The minimum atomic E-state index is -0.162. The molecule has 1 aromatic heterocycles. The fourth-order valence-electron chi connectivity index (χ4n) is 4.12. The molecule has 0 saturated heterocycles. The van der Waals surface area contributed by atoms with Crippen molar-refractivity contribution in [3.63, 3.8) is 0 Å². The lowest BCUT2D eigenvalue weighted by Crippen LogP contribution is -2.23. The van der Waals surface area contributed by atoms with E-state index in [0.717, 1.165) is 40.4 Å². The molecule has 2 aliphatic rings. The molecule has 2 N–H and O–H groups in total. The molecule has 2 heterocycles. The van der Waals surface area contributed by atoms with Crippen LogP contribution in [0.1, 0.15) is 28.3 Å². The second-order valence-electron chi connectivity index (χ2n) is 6.99. The van der Waals surface area contributed by atoms with Crippen molar-refractivity contribution < 1.29 is 9.47 Å². The quantitative estimate of drug-likeness (QED) is 0.667. The summed E-state index contributed by atoms with van der Waals surface area (Å²) in [6, 6.07) is 18.8. The highest BCUT2D eigenvalue weighted by molar-refractivity contribution is 7.19. The monoisotopic (exact) mass is 386 g/mol. The molecule has 4 nitrogen and oxygen atoms in total. The number of ether oxygens (including phenoxy) is 2. The van der Waals surface area contributed by atoms with Gasteiger partial charge in [-0.3, -0.25) is 0 Å². The summed E-state index contributed by atoms with van der Waals surface area (Å²) < 4.78 is 12.6. The van der Waals surface area contributed by atoms with Gasteiger partial charge in [-0.05, 0) is 53.6 Å². The highest BCUT2D eigenvalue weighted by Gasteiger charge is 2.36. The van der Waals surface area contributed by atoms with E-state index < -0.39 is 0 Å². The van der Waals surface area contributed by atoms with Crippen LogP contribution >= 0.6 is 11.3 Å². The molecule has 3 aromatic rings. The Morgan fingerprint density at radius 2 is 2.04 bits per heavy atom. The summed E-state index contributed by atoms with van der Waals surface area (Å²) in [6.45, 7) is 0. The number of benzene rings is 2. The molecule has 2 aromatic carbocycles. The van der Waals surface area contributed by atoms with Gasteiger partial charge in [0, 0.05) is 15.1 Å². The zero-order valence-corrected chi connectivity index (χ0v) is 16.2. The van der Waals surface area contributed by atoms with Crippen molar-refractivity contribution in [3.8, 4) is 11.8 Å². The van der Waals surface area contributed by atoms with Crippen molar-refractivity contribution in [3.05, 3.63) is 81.6 Å². The van der Waals surface area contributed by atoms with E-state index in [1.54, 1.807) is 18.4 Å². The summed E-state index contributed by atoms with van der Waals surface area (Å²) in [7, 11) is 1.66. The van der Waals surface area contributed by atoms with Gasteiger partial charge < -0.3 is 15.2 Å². The standard InChI is InChI=1S/C23H18N2O2S/c1-26-15-8-6-13-7-9-16-21(20-10-14-4-2-3-5-19(14)28-20)18(12-24)23(25)27-22(16)17(13)11-15/h2-6,8,10-11,21H,7,9,25H2,1H3. The van der Waals surface area contributed by atoms with Crippen LogP contribution in [0.3, 0.4) is 0 Å². The average molecular weight is 386 g/mol. The normalized spacial score (nSPS) is 18.4. The number of hydrogen-bond acceptors (Lipinski definition) is 5. The summed E-state index contributed by atoms with van der Waals surface area (Å²) in [4.78, 5) is 1.13. The van der Waals surface area contributed by atoms with Gasteiger partial charge in [0.2, 0.25) is 5.88 Å². The average Bonchev–Trinajstić information content (AvgIpc) is 3.16. The van der Waals surface area contributed by atoms with E-state index in [4.69, 9.17) is 15.2 Å². The minimum absolute atomic E-state index is 0.162. The third kappa shape index (κ3) is 2.49. The molecule has 0 radical (unpaired) electrons. The van der Waals surface area contributed by atoms with Gasteiger partial charge in [-0.2, -0.15) is 5.26 Å². The van der Waals surface area contributed by atoms with Crippen molar-refractivity contribution in [1.29, 1.82) is 5.26 Å². The molecule has 0 spiro atoms. The first-order chi connectivity index (χ1) is 13.7. The van der Waals surface area contributed by atoms with E-state index in [1.807, 2.05) is 24.3 Å². The number of allylic oxidation sites excluding steroid dienone is 2. The summed E-state index contributed by atoms with van der Waals surface area (Å²) >= 11 is 1.71. The molecular weight excluding hydrogens is 368 g/mol. The largest absolute Gasteiger partial charge is 0.497 e. The number of rotatable bonds is 2. The van der Waals surface area contributed by atoms with Crippen LogP contribution in [0.15, 0.2) is 65.6 Å². The molecule has 1 unspecified atom stereocenters. The highest BCUT2D eigenvalue weighted by atomic mass is 32.1. The molecule has 0 saturated carbocycles. The number of methoxy groups -OCH3 is 1. The molecule has 5 rings (SSSR count). The van der Waals surface area contributed by atoms with Crippen LogP contribution in [0.2, 0.25) is 0 Å². The fourth-order valence-corrected chi connectivity index (χ4v) is 5.33. The molecule has 0 amide bonds. The smallest absolute Gasteiger partial charge is 0.205 e. The van der Waals surface area contributed by atoms with Gasteiger partial charge in [-0.1, -0.05) is 24.3 Å². The Hall–Kier alpha value is -3.23. The SMILES string of the molecule is COc1ccc2c(c1)C1=C(CC2)C(c2cc3ccccc3s2)C(C#N)=C(N)O1. The Labute approximate surface area is 167 Å². The van der Waals surface area contributed by atoms with E-state index >= 15 is 0 Å². The molecule has 0 fully saturated rings. The van der Waals surface area contributed by atoms with Crippen molar-refractivity contribution in [1.82, 2.24) is 0 Å². The minimum Gasteiger partial charge on any atom is -0.497 e. The number of nitrogens with zero attached hydrogens (tertiary/aromatic N) is 1. The van der Waals surface area contributed by atoms with Crippen LogP contribution in [0.4, 0.5) is 0 Å². The van der Waals surface area contributed by atoms with Gasteiger partial charge in [0.05, 0.1) is 13.0 Å². The Kier molecular flexibility index (Phi) is 3.88. The topological polar surface area (TPSA) is 68.3 Å². The van der Waals surface area contributed by atoms with Gasteiger partial charge in [0.1, 0.15) is 23.2 Å². The van der Waals surface area contributed by atoms with Gasteiger partial charge in [0.15, 0.2) is 0 Å². The fraction of sp³-hybridized carbons (Fsp3) is 0.174. The Morgan fingerprint density at radius 3 is 2.82 bits per heavy atom. The van der Waals surface area contributed by atoms with E-state index in [2.05, 4.69) is 30.3 Å². The Balaban J connectivity index is 1.72. The lowest BCUT2D eigenvalue weighted by Gasteiger charge is -2.32. The second kappa shape index (κ2) is 6.43. The zero-order chi connectivity index (χ0) is 19.3. The first-order valence-corrected chi connectivity index (χ1v) is 9.97. The maximum atomic E-state index is 9.83. The summed E-state index contributed by atoms with van der Waals surface area (Å²) in [5, 5.41) is 11.0. The molecule has 1 atom stereocenters. The van der Waals surface area contributed by atoms with Crippen molar-refractivity contribution in [2.75, 3.05) is 7.11 Å². The summed E-state index contributed by atoms with van der Waals surface area (Å²) in [5.74, 6) is 1.59. The predicted molar refractivity (Wildman–Crippen MR) is 111 cm³/mol. The van der Waals surface area contributed by atoms with Crippen LogP contribution in [-0.2, 0) is 11.2 Å². The molecule has 1 aliphatic carbocycles. The molecule has 1 aliphatic heterocycles. The zero-order valence-electron chi connectivity index (χ0n) is 15.4. The van der Waals surface area contributed by atoms with Crippen LogP contribution in [0, 0.1) is 11.3 Å². The molecular formula is C23H18N2O2S. The maximum absolute atomic E-state index is 9.83. The van der Waals surface area contributed by atoms with Gasteiger partial charge in [-0.25, -0.2) is 0 Å². The number of nitrogens with two attached hydrogens (primary N) is 1. The third-order valence-electron chi connectivity index (χ3n) is 5.48. The predicted octanol–water partition coefficient (Wildman–Crippen LogP) is 5.08. The lowest BCUT2D eigenvalue weighted by molar-refractivity contribution is 0.349. The van der Waals surface area contributed by atoms with E-state index in [-0.39, 0.29) is 11.8 Å². The number of nitriles is 1. The summed E-state index contributed by atoms with van der Waals surface area (Å²) in [5.41, 5.74) is 10.1. The van der Waals surface area contributed by atoms with Crippen LogP contribution < -0.4 is 10.5 Å². The van der Waals surface area contributed by atoms with Crippen molar-refractivity contribution in [2.24, 2.45) is 5.73 Å². The van der Waals surface area contributed by atoms with Crippen molar-refractivity contribution in [2.45, 2.75) is 18.8 Å². The van der Waals surface area contributed by atoms with E-state index in [9.17, 15) is 5.26 Å². The molecule has 138 valence electrons. The number of thiophene rings is 1. The van der Waals surface area contributed by atoms with Gasteiger partial charge in [0.25, 0.3) is 0 Å². The third-order valence-corrected chi connectivity index (χ3v) is 6.66. The van der Waals surface area contributed by atoms with Crippen LogP contribution in [-0.4, -0.2) is 7.11 Å². The van der Waals surface area contributed by atoms with Gasteiger partial charge in [-0.15, -0.1) is 11.3 Å². The number of hydrogen-bond donors (Lipinski definition) is 1. The highest BCUT2D eigenvalue weighted by Crippen LogP contribution is 2.49. The van der Waals surface area contributed by atoms with Gasteiger partial charge >= 0.3 is 0 Å². The van der Waals surface area contributed by atoms with Crippen molar-refractivity contribution >= 4 is 27.2 Å². The maximum Gasteiger partial charge on any atom is 0.205 e. The molecule has 5 heteroatoms. The number of fused-ring (bicyclic) bond motifs is 3. The number of aryl methyl sites for hydroxylation is 1. The van der Waals surface area contributed by atoms with E-state index in [1.165, 1.54) is 15.6 Å². The first-order valence-electron chi connectivity index (χ1n) is 9.16.